The van der Waals surface area contributed by atoms with Crippen LogP contribution in [0.2, 0.25) is 0 Å². The van der Waals surface area contributed by atoms with Gasteiger partial charge in [-0.1, -0.05) is 35.5 Å². The molecule has 0 saturated carbocycles. The molecule has 1 atom stereocenters. The van der Waals surface area contributed by atoms with Crippen LogP contribution in [0.25, 0.3) is 22.8 Å². The molecule has 0 N–H and O–H groups in total. The van der Waals surface area contributed by atoms with E-state index in [0.29, 0.717) is 24.0 Å². The second-order valence-corrected chi connectivity index (χ2v) is 5.42. The Hall–Kier alpha value is -2.47. The van der Waals surface area contributed by atoms with Crippen LogP contribution in [0.4, 0.5) is 0 Å². The van der Waals surface area contributed by atoms with E-state index in [2.05, 4.69) is 27.4 Å². The van der Waals surface area contributed by atoms with Crippen LogP contribution in [0, 0.1) is 0 Å². The molecule has 0 amide bonds. The average Bonchev–Trinajstić information content (AvgIpc) is 3.28. The number of ether oxygens (including phenoxy) is 1. The van der Waals surface area contributed by atoms with Gasteiger partial charge in [0.2, 0.25) is 0 Å². The molecule has 3 aromatic rings. The lowest BCUT2D eigenvalue weighted by atomic mass is 10.1. The van der Waals surface area contributed by atoms with E-state index >= 15 is 0 Å². The fourth-order valence-electron chi connectivity index (χ4n) is 2.69. The molecule has 1 aliphatic rings. The Labute approximate surface area is 127 Å². The quantitative estimate of drug-likeness (QED) is 0.743. The molecule has 0 unspecified atom stereocenters. The Morgan fingerprint density at radius 2 is 2.09 bits per heavy atom. The van der Waals surface area contributed by atoms with Crippen molar-refractivity contribution in [3.8, 4) is 22.8 Å². The van der Waals surface area contributed by atoms with E-state index in [9.17, 15) is 0 Å². The van der Waals surface area contributed by atoms with Gasteiger partial charge in [0.25, 0.3) is 5.89 Å². The van der Waals surface area contributed by atoms with Gasteiger partial charge in [-0.15, -0.1) is 0 Å². The molecule has 0 radical (unpaired) electrons. The van der Waals surface area contributed by atoms with E-state index in [1.165, 1.54) is 0 Å². The van der Waals surface area contributed by atoms with E-state index in [4.69, 9.17) is 9.26 Å². The molecule has 0 aliphatic carbocycles. The highest BCUT2D eigenvalue weighted by molar-refractivity contribution is 5.64. The van der Waals surface area contributed by atoms with Crippen LogP contribution in [0.5, 0.6) is 0 Å². The molecule has 0 bridgehead atoms. The summed E-state index contributed by atoms with van der Waals surface area (Å²) in [5.74, 6) is 1.40. The predicted molar refractivity (Wildman–Crippen MR) is 80.1 cm³/mol. The molecule has 6 heteroatoms. The molecule has 1 aromatic carbocycles. The van der Waals surface area contributed by atoms with Crippen molar-refractivity contribution in [3.05, 3.63) is 42.2 Å². The van der Waals surface area contributed by atoms with Crippen LogP contribution in [-0.2, 0) is 11.8 Å². The number of aryl methyl sites for hydroxylation is 1. The summed E-state index contributed by atoms with van der Waals surface area (Å²) < 4.78 is 12.6. The molecule has 112 valence electrons. The van der Waals surface area contributed by atoms with Crippen LogP contribution < -0.4 is 0 Å². The molecule has 1 fully saturated rings. The fourth-order valence-corrected chi connectivity index (χ4v) is 2.69. The summed E-state index contributed by atoms with van der Waals surface area (Å²) in [4.78, 5) is 4.48. The third-order valence-corrected chi connectivity index (χ3v) is 3.91. The standard InChI is InChI=1S/C16H16N4O2/c1-20-14(11-5-3-2-4-6-11)9-13(18-20)16-17-15(19-22-16)12-7-8-21-10-12/h2-6,9,12H,7-8,10H2,1H3/t12-/m0/s1. The highest BCUT2D eigenvalue weighted by Crippen LogP contribution is 2.27. The smallest absolute Gasteiger partial charge is 0.278 e. The molecule has 0 spiro atoms. The van der Waals surface area contributed by atoms with Crippen LogP contribution in [-0.4, -0.2) is 33.1 Å². The number of aromatic nitrogens is 4. The van der Waals surface area contributed by atoms with E-state index in [0.717, 1.165) is 24.3 Å². The maximum atomic E-state index is 5.37. The van der Waals surface area contributed by atoms with Gasteiger partial charge in [0.1, 0.15) is 0 Å². The SMILES string of the molecule is Cn1nc(-c2nc([C@H]3CCOC3)no2)cc1-c1ccccc1. The van der Waals surface area contributed by atoms with Gasteiger partial charge in [0, 0.05) is 19.6 Å². The Morgan fingerprint density at radius 3 is 2.86 bits per heavy atom. The van der Waals surface area contributed by atoms with Crippen molar-refractivity contribution in [2.75, 3.05) is 13.2 Å². The highest BCUT2D eigenvalue weighted by atomic mass is 16.5. The average molecular weight is 296 g/mol. The zero-order chi connectivity index (χ0) is 14.9. The van der Waals surface area contributed by atoms with Gasteiger partial charge in [0.05, 0.1) is 12.3 Å². The first kappa shape index (κ1) is 13.2. The topological polar surface area (TPSA) is 66.0 Å². The Morgan fingerprint density at radius 1 is 1.23 bits per heavy atom. The van der Waals surface area contributed by atoms with Crippen LogP contribution in [0.15, 0.2) is 40.9 Å². The molecule has 1 saturated heterocycles. The van der Waals surface area contributed by atoms with Gasteiger partial charge in [-0.25, -0.2) is 0 Å². The normalized spacial score (nSPS) is 18.0. The van der Waals surface area contributed by atoms with Gasteiger partial charge in [-0.2, -0.15) is 10.1 Å². The second-order valence-electron chi connectivity index (χ2n) is 5.42. The largest absolute Gasteiger partial charge is 0.381 e. The van der Waals surface area contributed by atoms with Crippen molar-refractivity contribution in [2.24, 2.45) is 7.05 Å². The molecule has 4 rings (SSSR count). The van der Waals surface area contributed by atoms with Crippen LogP contribution in [0.1, 0.15) is 18.2 Å². The second kappa shape index (κ2) is 5.38. The molecule has 2 aromatic heterocycles. The highest BCUT2D eigenvalue weighted by Gasteiger charge is 2.24. The van der Waals surface area contributed by atoms with Crippen LogP contribution in [0.3, 0.4) is 0 Å². The van der Waals surface area contributed by atoms with Crippen molar-refractivity contribution in [2.45, 2.75) is 12.3 Å². The van der Waals surface area contributed by atoms with Crippen molar-refractivity contribution in [3.63, 3.8) is 0 Å². The summed E-state index contributed by atoms with van der Waals surface area (Å²) in [6.45, 7) is 1.42. The van der Waals surface area contributed by atoms with Crippen molar-refractivity contribution >= 4 is 0 Å². The molecule has 22 heavy (non-hydrogen) atoms. The lowest BCUT2D eigenvalue weighted by Crippen LogP contribution is -1.99. The Kier molecular flexibility index (Phi) is 3.23. The summed E-state index contributed by atoms with van der Waals surface area (Å²) in [5.41, 5.74) is 2.81. The first-order valence-electron chi connectivity index (χ1n) is 7.32. The minimum absolute atomic E-state index is 0.231. The van der Waals surface area contributed by atoms with Gasteiger partial charge in [0.15, 0.2) is 11.5 Å². The molecular weight excluding hydrogens is 280 g/mol. The minimum Gasteiger partial charge on any atom is -0.381 e. The number of benzene rings is 1. The van der Waals surface area contributed by atoms with Gasteiger partial charge in [-0.3, -0.25) is 4.68 Å². The molecule has 1 aliphatic heterocycles. The number of rotatable bonds is 3. The van der Waals surface area contributed by atoms with E-state index in [-0.39, 0.29) is 5.92 Å². The van der Waals surface area contributed by atoms with E-state index < -0.39 is 0 Å². The number of nitrogens with zero attached hydrogens (tertiary/aromatic N) is 4. The summed E-state index contributed by atoms with van der Waals surface area (Å²) in [6, 6.07) is 12.1. The number of hydrogen-bond donors (Lipinski definition) is 0. The zero-order valence-electron chi connectivity index (χ0n) is 12.3. The fraction of sp³-hybridized carbons (Fsp3) is 0.312. The van der Waals surface area contributed by atoms with Crippen LogP contribution >= 0.6 is 0 Å². The van der Waals surface area contributed by atoms with E-state index in [1.54, 1.807) is 0 Å². The Balaban J connectivity index is 1.66. The minimum atomic E-state index is 0.231. The summed E-state index contributed by atoms with van der Waals surface area (Å²) in [5, 5.41) is 8.56. The van der Waals surface area contributed by atoms with E-state index in [1.807, 2.05) is 36.0 Å². The van der Waals surface area contributed by atoms with Crippen molar-refractivity contribution in [1.29, 1.82) is 0 Å². The first-order valence-corrected chi connectivity index (χ1v) is 7.32. The third-order valence-electron chi connectivity index (χ3n) is 3.91. The third kappa shape index (κ3) is 2.31. The lowest BCUT2D eigenvalue weighted by Gasteiger charge is -1.99. The maximum absolute atomic E-state index is 5.37. The van der Waals surface area contributed by atoms with Gasteiger partial charge in [-0.05, 0) is 18.1 Å². The number of hydrogen-bond acceptors (Lipinski definition) is 5. The first-order chi connectivity index (χ1) is 10.8. The van der Waals surface area contributed by atoms with Gasteiger partial charge >= 0.3 is 0 Å². The van der Waals surface area contributed by atoms with Crippen molar-refractivity contribution < 1.29 is 9.26 Å². The monoisotopic (exact) mass is 296 g/mol. The molecule has 3 heterocycles. The summed E-state index contributed by atoms with van der Waals surface area (Å²) in [6.07, 6.45) is 0.941. The summed E-state index contributed by atoms with van der Waals surface area (Å²) >= 11 is 0. The zero-order valence-corrected chi connectivity index (χ0v) is 12.3. The predicted octanol–water partition coefficient (Wildman–Crippen LogP) is 2.64. The lowest BCUT2D eigenvalue weighted by molar-refractivity contribution is 0.192. The molecular formula is C16H16N4O2. The maximum Gasteiger partial charge on any atom is 0.278 e. The van der Waals surface area contributed by atoms with Gasteiger partial charge < -0.3 is 9.26 Å². The molecule has 6 nitrogen and oxygen atoms in total. The Bertz CT molecular complexity index is 773. The summed E-state index contributed by atoms with van der Waals surface area (Å²) in [7, 11) is 1.91. The van der Waals surface area contributed by atoms with Crippen molar-refractivity contribution in [1.82, 2.24) is 19.9 Å².